The number of H-pyrrole nitrogens is 1. The molecule has 0 aliphatic heterocycles. The molecule has 1 aromatic heterocycles. The van der Waals surface area contributed by atoms with Crippen LogP contribution in [0.1, 0.15) is 30.3 Å². The maximum absolute atomic E-state index is 12.1. The van der Waals surface area contributed by atoms with Gasteiger partial charge in [0.1, 0.15) is 6.54 Å². The van der Waals surface area contributed by atoms with Crippen LogP contribution in [0.3, 0.4) is 0 Å². The van der Waals surface area contributed by atoms with Crippen molar-refractivity contribution in [2.75, 3.05) is 13.2 Å². The van der Waals surface area contributed by atoms with Gasteiger partial charge in [-0.3, -0.25) is 24.8 Å². The second-order valence-electron chi connectivity index (χ2n) is 4.82. The third kappa shape index (κ3) is 4.02. The molecule has 0 bridgehead atoms. The molecule has 2 aromatic rings. The molecule has 23 heavy (non-hydrogen) atoms. The molecule has 9 nitrogen and oxygen atoms in total. The summed E-state index contributed by atoms with van der Waals surface area (Å²) in [5.74, 6) is -1.15. The highest BCUT2D eigenvalue weighted by Crippen LogP contribution is 2.21. The Balaban J connectivity index is 2.04. The van der Waals surface area contributed by atoms with Crippen molar-refractivity contribution in [3.05, 3.63) is 34.0 Å². The molecule has 2 rings (SSSR count). The number of benzene rings is 1. The number of nitrogens with one attached hydrogen (secondary N) is 2. The van der Waals surface area contributed by atoms with Crippen molar-refractivity contribution >= 4 is 28.5 Å². The van der Waals surface area contributed by atoms with Gasteiger partial charge in [-0.05, 0) is 12.5 Å². The van der Waals surface area contributed by atoms with Gasteiger partial charge in [0.15, 0.2) is 5.69 Å². The normalized spacial score (nSPS) is 10.5. The zero-order chi connectivity index (χ0) is 16.8. The highest BCUT2D eigenvalue weighted by Gasteiger charge is 2.18. The Morgan fingerprint density at radius 1 is 1.43 bits per heavy atom. The second-order valence-corrected chi connectivity index (χ2v) is 4.82. The van der Waals surface area contributed by atoms with E-state index in [9.17, 15) is 19.7 Å². The topological polar surface area (TPSA) is 127 Å². The van der Waals surface area contributed by atoms with E-state index in [2.05, 4.69) is 15.5 Å². The molecule has 0 atom stereocenters. The Hall–Kier alpha value is -2.97. The summed E-state index contributed by atoms with van der Waals surface area (Å²) in [6, 6.07) is 4.04. The fraction of sp³-hybridized carbons (Fsp3) is 0.357. The summed E-state index contributed by atoms with van der Waals surface area (Å²) in [5, 5.41) is 20.0. The van der Waals surface area contributed by atoms with E-state index >= 15 is 0 Å². The molecule has 1 amide bonds. The average molecular weight is 320 g/mol. The van der Waals surface area contributed by atoms with Crippen LogP contribution in [0.15, 0.2) is 18.2 Å². The van der Waals surface area contributed by atoms with E-state index in [1.165, 1.54) is 18.2 Å². The lowest BCUT2D eigenvalue weighted by Crippen LogP contribution is -2.31. The quantitative estimate of drug-likeness (QED) is 0.345. The monoisotopic (exact) mass is 320 g/mol. The van der Waals surface area contributed by atoms with Crippen LogP contribution in [0.2, 0.25) is 0 Å². The van der Waals surface area contributed by atoms with E-state index in [1.54, 1.807) is 0 Å². The van der Waals surface area contributed by atoms with Gasteiger partial charge in [-0.25, -0.2) is 0 Å². The van der Waals surface area contributed by atoms with Crippen molar-refractivity contribution in [2.45, 2.75) is 19.8 Å². The van der Waals surface area contributed by atoms with Crippen LogP contribution in [0, 0.1) is 10.1 Å². The van der Waals surface area contributed by atoms with Crippen LogP contribution in [0.4, 0.5) is 5.69 Å². The first-order valence-electron chi connectivity index (χ1n) is 7.09. The Kier molecular flexibility index (Phi) is 5.23. The number of hydrogen-bond acceptors (Lipinski definition) is 6. The molecule has 0 aliphatic carbocycles. The van der Waals surface area contributed by atoms with E-state index in [-0.39, 0.29) is 17.9 Å². The molecule has 122 valence electrons. The zero-order valence-corrected chi connectivity index (χ0v) is 12.5. The summed E-state index contributed by atoms with van der Waals surface area (Å²) in [4.78, 5) is 33.8. The minimum atomic E-state index is -0.607. The van der Waals surface area contributed by atoms with Gasteiger partial charge in [-0.2, -0.15) is 5.10 Å². The van der Waals surface area contributed by atoms with Crippen molar-refractivity contribution in [2.24, 2.45) is 0 Å². The molecular formula is C14H16N4O5. The van der Waals surface area contributed by atoms with Crippen LogP contribution < -0.4 is 5.32 Å². The summed E-state index contributed by atoms with van der Waals surface area (Å²) < 4.78 is 4.92. The average Bonchev–Trinajstić information content (AvgIpc) is 2.96. The number of carbonyl (C=O) groups excluding carboxylic acids is 2. The van der Waals surface area contributed by atoms with Crippen LogP contribution in [0.5, 0.6) is 0 Å². The summed E-state index contributed by atoms with van der Waals surface area (Å²) in [5.41, 5.74) is 0.336. The number of fused-ring (bicyclic) bond motifs is 1. The highest BCUT2D eigenvalue weighted by atomic mass is 16.6. The molecule has 0 radical (unpaired) electrons. The largest absolute Gasteiger partial charge is 0.464 e. The fourth-order valence-electron chi connectivity index (χ4n) is 1.91. The molecule has 2 N–H and O–H groups in total. The molecule has 0 saturated heterocycles. The van der Waals surface area contributed by atoms with Crippen LogP contribution >= 0.6 is 0 Å². The van der Waals surface area contributed by atoms with E-state index in [4.69, 9.17) is 4.74 Å². The van der Waals surface area contributed by atoms with Crippen molar-refractivity contribution < 1.29 is 19.2 Å². The molecule has 1 heterocycles. The molecule has 9 heteroatoms. The molecule has 0 unspecified atom stereocenters. The number of nitro benzene ring substituents is 1. The smallest absolute Gasteiger partial charge is 0.325 e. The summed E-state index contributed by atoms with van der Waals surface area (Å²) in [7, 11) is 0. The van der Waals surface area contributed by atoms with Gasteiger partial charge in [0.25, 0.3) is 11.6 Å². The minimum absolute atomic E-state index is 0.00921. The number of aromatic amines is 1. The first-order chi connectivity index (χ1) is 11.0. The SMILES string of the molecule is CCCCOC(=O)CNC(=O)c1n[nH]c2ccc([N+](=O)[O-])cc12. The fourth-order valence-corrected chi connectivity index (χ4v) is 1.91. The van der Waals surface area contributed by atoms with E-state index < -0.39 is 16.8 Å². The molecule has 0 saturated carbocycles. The Bertz CT molecular complexity index is 740. The van der Waals surface area contributed by atoms with Crippen LogP contribution in [0.25, 0.3) is 10.9 Å². The number of non-ortho nitro benzene ring substituents is 1. The van der Waals surface area contributed by atoms with E-state index in [0.29, 0.717) is 17.5 Å². The van der Waals surface area contributed by atoms with Crippen molar-refractivity contribution in [3.63, 3.8) is 0 Å². The van der Waals surface area contributed by atoms with Gasteiger partial charge in [-0.1, -0.05) is 13.3 Å². The summed E-state index contributed by atoms with van der Waals surface area (Å²) in [6.07, 6.45) is 1.66. The van der Waals surface area contributed by atoms with Crippen molar-refractivity contribution in [1.29, 1.82) is 0 Å². The van der Waals surface area contributed by atoms with Gasteiger partial charge in [0.05, 0.1) is 17.0 Å². The number of ether oxygens (including phenoxy) is 1. The van der Waals surface area contributed by atoms with Crippen molar-refractivity contribution in [3.8, 4) is 0 Å². The first kappa shape index (κ1) is 16.4. The second kappa shape index (κ2) is 7.34. The van der Waals surface area contributed by atoms with Gasteiger partial charge >= 0.3 is 5.97 Å². The molecule has 0 spiro atoms. The maximum Gasteiger partial charge on any atom is 0.325 e. The lowest BCUT2D eigenvalue weighted by molar-refractivity contribution is -0.384. The Labute approximate surface area is 131 Å². The predicted octanol–water partition coefficient (Wildman–Crippen LogP) is 1.54. The maximum atomic E-state index is 12.1. The molecule has 0 aliphatic rings. The van der Waals surface area contributed by atoms with Gasteiger partial charge in [0, 0.05) is 17.5 Å². The Morgan fingerprint density at radius 2 is 2.22 bits per heavy atom. The van der Waals surface area contributed by atoms with E-state index in [0.717, 1.165) is 12.8 Å². The van der Waals surface area contributed by atoms with Gasteiger partial charge in [-0.15, -0.1) is 0 Å². The third-order valence-electron chi connectivity index (χ3n) is 3.13. The lowest BCUT2D eigenvalue weighted by Gasteiger charge is -2.05. The number of unbranched alkanes of at least 4 members (excludes halogenated alkanes) is 1. The van der Waals surface area contributed by atoms with Gasteiger partial charge in [0.2, 0.25) is 0 Å². The number of nitro groups is 1. The summed E-state index contributed by atoms with van der Waals surface area (Å²) in [6.45, 7) is 1.99. The van der Waals surface area contributed by atoms with Crippen LogP contribution in [-0.2, 0) is 9.53 Å². The number of hydrogen-bond donors (Lipinski definition) is 2. The zero-order valence-electron chi connectivity index (χ0n) is 12.5. The number of amides is 1. The first-order valence-corrected chi connectivity index (χ1v) is 7.09. The van der Waals surface area contributed by atoms with E-state index in [1.807, 2.05) is 6.92 Å². The van der Waals surface area contributed by atoms with Crippen LogP contribution in [-0.4, -0.2) is 40.1 Å². The minimum Gasteiger partial charge on any atom is -0.464 e. The molecular weight excluding hydrogens is 304 g/mol. The van der Waals surface area contributed by atoms with Crippen molar-refractivity contribution in [1.82, 2.24) is 15.5 Å². The number of carbonyl (C=O) groups is 2. The van der Waals surface area contributed by atoms with Gasteiger partial charge < -0.3 is 10.1 Å². The molecule has 1 aromatic carbocycles. The standard InChI is InChI=1S/C14H16N4O5/c1-2-3-6-23-12(19)8-15-14(20)13-10-7-9(18(21)22)4-5-11(10)16-17-13/h4-5,7H,2-3,6,8H2,1H3,(H,15,20)(H,16,17). The highest BCUT2D eigenvalue weighted by molar-refractivity contribution is 6.05. The number of esters is 1. The Morgan fingerprint density at radius 3 is 2.91 bits per heavy atom. The number of rotatable bonds is 7. The molecule has 0 fully saturated rings. The third-order valence-corrected chi connectivity index (χ3v) is 3.13. The predicted molar refractivity (Wildman–Crippen MR) is 80.9 cm³/mol. The number of aromatic nitrogens is 2. The summed E-state index contributed by atoms with van der Waals surface area (Å²) >= 11 is 0. The lowest BCUT2D eigenvalue weighted by atomic mass is 10.2. The number of nitrogens with zero attached hydrogens (tertiary/aromatic N) is 2.